The zero-order valence-corrected chi connectivity index (χ0v) is 13.4. The molecule has 0 fully saturated rings. The number of hydrogen-bond acceptors (Lipinski definition) is 0. The van der Waals surface area contributed by atoms with E-state index in [1.165, 1.54) is 16.7 Å². The second kappa shape index (κ2) is 14.5. The molecule has 0 radical (unpaired) electrons. The maximum Gasteiger partial charge on any atom is -0.00233 e. The highest BCUT2D eigenvalue weighted by Crippen LogP contribution is 2.16. The molecule has 0 saturated heterocycles. The average molecular weight is 258 g/mol. The van der Waals surface area contributed by atoms with Crippen LogP contribution < -0.4 is 0 Å². The Morgan fingerprint density at radius 3 is 1.74 bits per heavy atom. The molecule has 1 aromatic rings. The van der Waals surface area contributed by atoms with Gasteiger partial charge in [-0.1, -0.05) is 90.3 Å². The summed E-state index contributed by atoms with van der Waals surface area (Å²) in [6.45, 7) is 17.8. The first kappa shape index (κ1) is 19.8. The zero-order chi connectivity index (χ0) is 15.1. The van der Waals surface area contributed by atoms with Gasteiger partial charge in [0.1, 0.15) is 0 Å². The van der Waals surface area contributed by atoms with Crippen molar-refractivity contribution < 1.29 is 0 Å². The summed E-state index contributed by atoms with van der Waals surface area (Å²) in [4.78, 5) is 0. The molecule has 0 heterocycles. The van der Waals surface area contributed by atoms with Gasteiger partial charge in [0.2, 0.25) is 0 Å². The minimum Gasteiger partial charge on any atom is -0.0988 e. The Kier molecular flexibility index (Phi) is 15.1. The third-order valence-corrected chi connectivity index (χ3v) is 2.52. The van der Waals surface area contributed by atoms with E-state index in [1.807, 2.05) is 45.9 Å². The van der Waals surface area contributed by atoms with Crippen LogP contribution in [-0.2, 0) is 6.42 Å². The third kappa shape index (κ3) is 8.20. The van der Waals surface area contributed by atoms with E-state index in [2.05, 4.69) is 44.3 Å². The molecule has 0 aliphatic carbocycles. The topological polar surface area (TPSA) is 0 Å². The van der Waals surface area contributed by atoms with Gasteiger partial charge in [0.05, 0.1) is 0 Å². The van der Waals surface area contributed by atoms with Crippen LogP contribution in [0.15, 0.2) is 66.8 Å². The SMILES string of the molecule is C=C/C(CC)=C(\C=C)Cc1ccccc1.CC.CC. The van der Waals surface area contributed by atoms with Crippen molar-refractivity contribution in [3.8, 4) is 0 Å². The Labute approximate surface area is 120 Å². The Morgan fingerprint density at radius 2 is 1.37 bits per heavy atom. The van der Waals surface area contributed by atoms with Crippen molar-refractivity contribution in [2.75, 3.05) is 0 Å². The first-order chi connectivity index (χ1) is 9.31. The molecule has 106 valence electrons. The summed E-state index contributed by atoms with van der Waals surface area (Å²) in [6.07, 6.45) is 5.82. The minimum atomic E-state index is 0.944. The summed E-state index contributed by atoms with van der Waals surface area (Å²) in [5.41, 5.74) is 3.88. The van der Waals surface area contributed by atoms with Crippen molar-refractivity contribution in [2.45, 2.75) is 47.5 Å². The van der Waals surface area contributed by atoms with Gasteiger partial charge in [-0.05, 0) is 29.6 Å². The lowest BCUT2D eigenvalue weighted by atomic mass is 9.98. The number of allylic oxidation sites excluding steroid dienone is 4. The largest absolute Gasteiger partial charge is 0.0988 e. The summed E-state index contributed by atoms with van der Waals surface area (Å²) >= 11 is 0. The molecule has 0 aromatic heterocycles. The van der Waals surface area contributed by atoms with Crippen LogP contribution in [0.1, 0.15) is 46.6 Å². The summed E-state index contributed by atoms with van der Waals surface area (Å²) in [6, 6.07) is 10.4. The van der Waals surface area contributed by atoms with E-state index in [1.54, 1.807) is 0 Å². The first-order valence-electron chi connectivity index (χ1n) is 7.32. The van der Waals surface area contributed by atoms with Crippen LogP contribution in [0.4, 0.5) is 0 Å². The van der Waals surface area contributed by atoms with E-state index in [0.29, 0.717) is 0 Å². The van der Waals surface area contributed by atoms with E-state index in [4.69, 9.17) is 0 Å². The van der Waals surface area contributed by atoms with Gasteiger partial charge < -0.3 is 0 Å². The van der Waals surface area contributed by atoms with Crippen molar-refractivity contribution in [2.24, 2.45) is 0 Å². The quantitative estimate of drug-likeness (QED) is 0.539. The lowest BCUT2D eigenvalue weighted by Gasteiger charge is -2.07. The Hall–Kier alpha value is -1.56. The van der Waals surface area contributed by atoms with E-state index >= 15 is 0 Å². The minimum absolute atomic E-state index is 0.944. The second-order valence-corrected chi connectivity index (χ2v) is 3.47. The molecule has 0 bridgehead atoms. The summed E-state index contributed by atoms with van der Waals surface area (Å²) in [5.74, 6) is 0. The van der Waals surface area contributed by atoms with Gasteiger partial charge in [0.25, 0.3) is 0 Å². The van der Waals surface area contributed by atoms with Crippen molar-refractivity contribution >= 4 is 0 Å². The first-order valence-corrected chi connectivity index (χ1v) is 7.32. The molecule has 1 aromatic carbocycles. The Balaban J connectivity index is 0. The van der Waals surface area contributed by atoms with Gasteiger partial charge in [0.15, 0.2) is 0 Å². The molecule has 0 amide bonds. The molecule has 0 aliphatic rings. The van der Waals surface area contributed by atoms with Gasteiger partial charge in [-0.25, -0.2) is 0 Å². The van der Waals surface area contributed by atoms with Crippen LogP contribution in [0.2, 0.25) is 0 Å². The maximum absolute atomic E-state index is 3.87. The number of hydrogen-bond donors (Lipinski definition) is 0. The maximum atomic E-state index is 3.87. The molecule has 0 spiro atoms. The predicted octanol–water partition coefficient (Wildman–Crippen LogP) is 6.36. The lowest BCUT2D eigenvalue weighted by molar-refractivity contribution is 1.07. The molecular formula is C19H30. The van der Waals surface area contributed by atoms with E-state index < -0.39 is 0 Å². The van der Waals surface area contributed by atoms with E-state index in [9.17, 15) is 0 Å². The molecule has 19 heavy (non-hydrogen) atoms. The van der Waals surface area contributed by atoms with Gasteiger partial charge in [-0.2, -0.15) is 0 Å². The standard InChI is InChI=1S/C15H18.2C2H6/c1-4-14(5-2)15(6-3)12-13-10-8-7-9-11-13;2*1-2/h4,6-11H,1,3,5,12H2,2H3;2*1-2H3/b15-14-;;. The fourth-order valence-electron chi connectivity index (χ4n) is 1.64. The van der Waals surface area contributed by atoms with Gasteiger partial charge >= 0.3 is 0 Å². The fourth-order valence-corrected chi connectivity index (χ4v) is 1.64. The summed E-state index contributed by atoms with van der Waals surface area (Å²) in [5, 5.41) is 0. The number of rotatable bonds is 5. The number of benzene rings is 1. The van der Waals surface area contributed by atoms with Crippen LogP contribution in [0.25, 0.3) is 0 Å². The van der Waals surface area contributed by atoms with Crippen molar-refractivity contribution in [1.29, 1.82) is 0 Å². The molecule has 0 atom stereocenters. The zero-order valence-electron chi connectivity index (χ0n) is 13.4. The molecule has 0 unspecified atom stereocenters. The van der Waals surface area contributed by atoms with Crippen LogP contribution in [0.5, 0.6) is 0 Å². The monoisotopic (exact) mass is 258 g/mol. The van der Waals surface area contributed by atoms with Gasteiger partial charge in [-0.15, -0.1) is 0 Å². The molecule has 0 saturated carbocycles. The van der Waals surface area contributed by atoms with Crippen molar-refractivity contribution in [3.63, 3.8) is 0 Å². The summed E-state index contributed by atoms with van der Waals surface area (Å²) < 4.78 is 0. The van der Waals surface area contributed by atoms with Crippen LogP contribution >= 0.6 is 0 Å². The molecule has 0 N–H and O–H groups in total. The van der Waals surface area contributed by atoms with Crippen molar-refractivity contribution in [3.05, 3.63) is 72.4 Å². The van der Waals surface area contributed by atoms with Crippen LogP contribution in [0, 0.1) is 0 Å². The van der Waals surface area contributed by atoms with Crippen LogP contribution in [0.3, 0.4) is 0 Å². The summed E-state index contributed by atoms with van der Waals surface area (Å²) in [7, 11) is 0. The smallest absolute Gasteiger partial charge is 0.00233 e. The van der Waals surface area contributed by atoms with E-state index in [-0.39, 0.29) is 0 Å². The normalized spacial score (nSPS) is 9.95. The molecule has 1 rings (SSSR count). The molecule has 0 aliphatic heterocycles. The fraction of sp³-hybridized carbons (Fsp3) is 0.368. The molecular weight excluding hydrogens is 228 g/mol. The highest BCUT2D eigenvalue weighted by atomic mass is 14.0. The highest BCUT2D eigenvalue weighted by Gasteiger charge is 2.00. The highest BCUT2D eigenvalue weighted by molar-refractivity contribution is 5.35. The average Bonchev–Trinajstić information content (AvgIpc) is 2.52. The molecule has 0 heteroatoms. The third-order valence-electron chi connectivity index (χ3n) is 2.52. The lowest BCUT2D eigenvalue weighted by Crippen LogP contribution is -1.91. The van der Waals surface area contributed by atoms with Gasteiger partial charge in [-0.3, -0.25) is 0 Å². The van der Waals surface area contributed by atoms with Crippen LogP contribution in [-0.4, -0.2) is 0 Å². The van der Waals surface area contributed by atoms with Crippen molar-refractivity contribution in [1.82, 2.24) is 0 Å². The Morgan fingerprint density at radius 1 is 0.895 bits per heavy atom. The Bertz CT molecular complexity index is 355. The van der Waals surface area contributed by atoms with E-state index in [0.717, 1.165) is 12.8 Å². The molecule has 0 nitrogen and oxygen atoms in total. The predicted molar refractivity (Wildman–Crippen MR) is 90.6 cm³/mol. The van der Waals surface area contributed by atoms with Gasteiger partial charge in [0, 0.05) is 0 Å². The second-order valence-electron chi connectivity index (χ2n) is 3.47.